The van der Waals surface area contributed by atoms with E-state index in [1.807, 2.05) is 60.8 Å². The molecule has 0 amide bonds. The molecule has 0 radical (unpaired) electrons. The minimum absolute atomic E-state index is 0.110. The van der Waals surface area contributed by atoms with Crippen molar-refractivity contribution in [2.75, 3.05) is 13.2 Å². The molecule has 0 heterocycles. The van der Waals surface area contributed by atoms with Crippen LogP contribution in [0.1, 0.15) is 220 Å². The molecule has 0 N–H and O–H groups in total. The number of allylic oxidation sites excluding steroid dienone is 22. The first kappa shape index (κ1) is 63.5. The number of carbonyl (C=O) groups excluding carboxylic acids is 3. The van der Waals surface area contributed by atoms with Crippen molar-refractivity contribution in [3.8, 4) is 0 Å². The van der Waals surface area contributed by atoms with Gasteiger partial charge < -0.3 is 14.2 Å². The van der Waals surface area contributed by atoms with Crippen LogP contribution in [0.15, 0.2) is 134 Å². The van der Waals surface area contributed by atoms with Gasteiger partial charge in [0.2, 0.25) is 0 Å². The number of hydrogen-bond acceptors (Lipinski definition) is 6. The van der Waals surface area contributed by atoms with E-state index in [-0.39, 0.29) is 37.5 Å². The third-order valence-electron chi connectivity index (χ3n) is 11.1. The smallest absolute Gasteiger partial charge is 0.306 e. The molecule has 0 bridgehead atoms. The summed E-state index contributed by atoms with van der Waals surface area (Å²) in [5.41, 5.74) is 0. The van der Waals surface area contributed by atoms with Gasteiger partial charge in [-0.3, -0.25) is 14.4 Å². The summed E-state index contributed by atoms with van der Waals surface area (Å²) in [7, 11) is 0. The van der Waals surface area contributed by atoms with Crippen molar-refractivity contribution in [2.45, 2.75) is 226 Å². The summed E-state index contributed by atoms with van der Waals surface area (Å²) in [6.45, 7) is 6.28. The third-order valence-corrected chi connectivity index (χ3v) is 11.1. The zero-order valence-electron chi connectivity index (χ0n) is 43.6. The second-order valence-electron chi connectivity index (χ2n) is 17.6. The van der Waals surface area contributed by atoms with Gasteiger partial charge in [-0.1, -0.05) is 238 Å². The number of hydrogen-bond donors (Lipinski definition) is 0. The Morgan fingerprint density at radius 3 is 1.10 bits per heavy atom. The lowest BCUT2D eigenvalue weighted by Gasteiger charge is -2.18. The molecule has 68 heavy (non-hydrogen) atoms. The van der Waals surface area contributed by atoms with Crippen LogP contribution in [-0.2, 0) is 28.6 Å². The van der Waals surface area contributed by atoms with Gasteiger partial charge >= 0.3 is 17.9 Å². The van der Waals surface area contributed by atoms with Gasteiger partial charge in [-0.25, -0.2) is 0 Å². The summed E-state index contributed by atoms with van der Waals surface area (Å²) in [5, 5.41) is 0. The minimum atomic E-state index is -0.817. The SMILES string of the molecule is CC\C=C/C=C\C=C/C=C\C=C\C=C/CCCCCC(=O)OC(COC(=O)CCCCCC/C=C\C/C=C\C/C=C\CC)COC(=O)CCCCCCCCCCCC/C=C\C=C/CCCCC. The lowest BCUT2D eigenvalue weighted by atomic mass is 10.1. The topological polar surface area (TPSA) is 78.9 Å². The fourth-order valence-corrected chi connectivity index (χ4v) is 7.01. The summed E-state index contributed by atoms with van der Waals surface area (Å²) < 4.78 is 16.8. The molecule has 6 heteroatoms. The molecule has 0 saturated carbocycles. The normalized spacial score (nSPS) is 13.2. The highest BCUT2D eigenvalue weighted by molar-refractivity contribution is 5.71. The first-order valence-corrected chi connectivity index (χ1v) is 27.3. The summed E-state index contributed by atoms with van der Waals surface area (Å²) in [6.07, 6.45) is 77.2. The maximum absolute atomic E-state index is 12.8. The summed E-state index contributed by atoms with van der Waals surface area (Å²) in [6, 6.07) is 0. The molecule has 0 aliphatic heterocycles. The molecule has 0 aromatic rings. The monoisotopic (exact) mass is 939 g/mol. The maximum atomic E-state index is 12.8. The first-order valence-electron chi connectivity index (χ1n) is 27.3. The van der Waals surface area contributed by atoms with Crippen LogP contribution in [0, 0.1) is 0 Å². The van der Waals surface area contributed by atoms with Crippen molar-refractivity contribution >= 4 is 17.9 Å². The van der Waals surface area contributed by atoms with E-state index in [2.05, 4.69) is 93.7 Å². The summed E-state index contributed by atoms with van der Waals surface area (Å²) >= 11 is 0. The molecule has 0 rings (SSSR count). The van der Waals surface area contributed by atoms with Crippen LogP contribution >= 0.6 is 0 Å². The number of ether oxygens (including phenoxy) is 3. The van der Waals surface area contributed by atoms with Crippen LogP contribution in [0.3, 0.4) is 0 Å². The summed E-state index contributed by atoms with van der Waals surface area (Å²) in [5.74, 6) is -0.987. The Morgan fingerprint density at radius 2 is 0.647 bits per heavy atom. The van der Waals surface area contributed by atoms with E-state index in [1.165, 1.54) is 77.0 Å². The Labute approximate surface area is 417 Å². The summed E-state index contributed by atoms with van der Waals surface area (Å²) in [4.78, 5) is 38.1. The average Bonchev–Trinajstić information content (AvgIpc) is 3.34. The molecular weight excluding hydrogens is 841 g/mol. The largest absolute Gasteiger partial charge is 0.462 e. The molecule has 0 aliphatic rings. The Morgan fingerprint density at radius 1 is 0.324 bits per heavy atom. The van der Waals surface area contributed by atoms with Gasteiger partial charge in [-0.2, -0.15) is 0 Å². The van der Waals surface area contributed by atoms with Gasteiger partial charge in [0, 0.05) is 19.3 Å². The predicted molar refractivity (Wildman–Crippen MR) is 292 cm³/mol. The van der Waals surface area contributed by atoms with Crippen molar-refractivity contribution < 1.29 is 28.6 Å². The van der Waals surface area contributed by atoms with Crippen molar-refractivity contribution in [3.05, 3.63) is 134 Å². The molecule has 0 saturated heterocycles. The number of carbonyl (C=O) groups is 3. The Kier molecular flexibility index (Phi) is 51.5. The molecule has 382 valence electrons. The van der Waals surface area contributed by atoms with Crippen molar-refractivity contribution in [1.29, 1.82) is 0 Å². The van der Waals surface area contributed by atoms with Crippen molar-refractivity contribution in [3.63, 3.8) is 0 Å². The fourth-order valence-electron chi connectivity index (χ4n) is 7.01. The number of rotatable bonds is 47. The number of unbranched alkanes of at least 4 members (excludes halogenated alkanes) is 20. The lowest BCUT2D eigenvalue weighted by Crippen LogP contribution is -2.30. The molecule has 0 fully saturated rings. The van der Waals surface area contributed by atoms with Gasteiger partial charge in [-0.15, -0.1) is 0 Å². The Balaban J connectivity index is 4.52. The molecule has 0 aromatic carbocycles. The molecular formula is C62H98O6. The predicted octanol–water partition coefficient (Wildman–Crippen LogP) is 18.3. The first-order chi connectivity index (χ1) is 33.5. The van der Waals surface area contributed by atoms with Crippen LogP contribution in [-0.4, -0.2) is 37.2 Å². The molecule has 0 aliphatic carbocycles. The highest BCUT2D eigenvalue weighted by atomic mass is 16.6. The zero-order valence-corrected chi connectivity index (χ0v) is 43.6. The van der Waals surface area contributed by atoms with Gasteiger partial charge in [0.15, 0.2) is 6.10 Å². The molecule has 0 spiro atoms. The van der Waals surface area contributed by atoms with Crippen molar-refractivity contribution in [1.82, 2.24) is 0 Å². The fraction of sp³-hybridized carbons (Fsp3) is 0.597. The Hall–Kier alpha value is -4.45. The quantitative estimate of drug-likeness (QED) is 0.0199. The van der Waals surface area contributed by atoms with E-state index < -0.39 is 6.10 Å². The lowest BCUT2D eigenvalue weighted by molar-refractivity contribution is -0.167. The second kappa shape index (κ2) is 55.1. The van der Waals surface area contributed by atoms with Crippen LogP contribution in [0.25, 0.3) is 0 Å². The maximum Gasteiger partial charge on any atom is 0.306 e. The zero-order chi connectivity index (χ0) is 49.3. The third kappa shape index (κ3) is 52.5. The van der Waals surface area contributed by atoms with Gasteiger partial charge in [0.1, 0.15) is 13.2 Å². The molecule has 1 atom stereocenters. The van der Waals surface area contributed by atoms with Crippen LogP contribution in [0.2, 0.25) is 0 Å². The Bertz CT molecular complexity index is 1500. The molecule has 0 aromatic heterocycles. The van der Waals surface area contributed by atoms with Gasteiger partial charge in [-0.05, 0) is 96.3 Å². The van der Waals surface area contributed by atoms with Crippen molar-refractivity contribution in [2.24, 2.45) is 0 Å². The highest BCUT2D eigenvalue weighted by Gasteiger charge is 2.19. The highest BCUT2D eigenvalue weighted by Crippen LogP contribution is 2.14. The van der Waals surface area contributed by atoms with Crippen LogP contribution < -0.4 is 0 Å². The van der Waals surface area contributed by atoms with Crippen LogP contribution in [0.4, 0.5) is 0 Å². The minimum Gasteiger partial charge on any atom is -0.462 e. The van der Waals surface area contributed by atoms with E-state index in [1.54, 1.807) is 0 Å². The van der Waals surface area contributed by atoms with E-state index >= 15 is 0 Å². The van der Waals surface area contributed by atoms with Crippen LogP contribution in [0.5, 0.6) is 0 Å². The second-order valence-corrected chi connectivity index (χ2v) is 17.6. The molecule has 1 unspecified atom stereocenters. The molecule has 6 nitrogen and oxygen atoms in total. The van der Waals surface area contributed by atoms with E-state index in [0.29, 0.717) is 19.3 Å². The standard InChI is InChI=1S/C62H98O6/c1-4-7-10-13-16-19-22-25-28-30-31-33-34-37-40-43-46-49-52-55-61(64)67-58-59(57-66-60(63)54-51-48-45-42-39-36-27-24-21-18-15-12-9-6-3)68-62(65)56-53-50-47-44-41-38-35-32-29-26-23-20-17-14-11-8-5-2/h8-9,11-12,14,16-23,25-27,29,32,35-36,38,41,59H,4-7,10,13,15,24,28,30-31,33-34,37,39-40,42-58H2,1-3H3/b11-8-,12-9-,17-14-,19-16-,21-18-,23-20-,25-22-,29-26-,35-32+,36-27-,41-38-. The van der Waals surface area contributed by atoms with Gasteiger partial charge in [0.05, 0.1) is 0 Å². The number of esters is 3. The van der Waals surface area contributed by atoms with Gasteiger partial charge in [0.25, 0.3) is 0 Å². The average molecular weight is 939 g/mol. The van der Waals surface area contributed by atoms with E-state index in [0.717, 1.165) is 96.3 Å². The van der Waals surface area contributed by atoms with E-state index in [4.69, 9.17) is 14.2 Å². The van der Waals surface area contributed by atoms with E-state index in [9.17, 15) is 14.4 Å².